The molecule has 1 heterocycles. The fourth-order valence-electron chi connectivity index (χ4n) is 2.70. The summed E-state index contributed by atoms with van der Waals surface area (Å²) in [7, 11) is 1.60. The third-order valence-corrected chi connectivity index (χ3v) is 4.14. The van der Waals surface area contributed by atoms with Crippen LogP contribution >= 0.6 is 0 Å². The van der Waals surface area contributed by atoms with Crippen molar-refractivity contribution in [2.75, 3.05) is 18.9 Å². The molecule has 2 amide bonds. The van der Waals surface area contributed by atoms with Crippen LogP contribution < -0.4 is 5.32 Å². The number of carbonyl (C=O) groups is 2. The zero-order chi connectivity index (χ0) is 19.2. The molecule has 0 aliphatic rings. The van der Waals surface area contributed by atoms with Gasteiger partial charge in [-0.2, -0.15) is 0 Å². The average molecular weight is 364 g/mol. The summed E-state index contributed by atoms with van der Waals surface area (Å²) >= 11 is 0. The summed E-state index contributed by atoms with van der Waals surface area (Å²) in [6.45, 7) is 1.99. The Balaban J connectivity index is 1.62. The molecule has 3 rings (SSSR count). The van der Waals surface area contributed by atoms with E-state index in [1.807, 2.05) is 31.2 Å². The number of para-hydroxylation sites is 1. The van der Waals surface area contributed by atoms with Crippen molar-refractivity contribution in [2.24, 2.45) is 0 Å². The van der Waals surface area contributed by atoms with Gasteiger partial charge in [-0.15, -0.1) is 10.2 Å². The highest BCUT2D eigenvalue weighted by molar-refractivity contribution is 5.99. The molecular formula is C20H20N4O3. The monoisotopic (exact) mass is 364 g/mol. The molecule has 7 heteroatoms. The second-order valence-electron chi connectivity index (χ2n) is 6.04. The van der Waals surface area contributed by atoms with Crippen molar-refractivity contribution in [1.29, 1.82) is 0 Å². The number of aromatic nitrogens is 2. The number of hydrogen-bond acceptors (Lipinski definition) is 5. The van der Waals surface area contributed by atoms with Crippen LogP contribution in [-0.2, 0) is 11.2 Å². The number of aryl methyl sites for hydroxylation is 1. The summed E-state index contributed by atoms with van der Waals surface area (Å²) in [5.74, 6) is -0.100. The summed E-state index contributed by atoms with van der Waals surface area (Å²) in [6, 6.07) is 14.4. The van der Waals surface area contributed by atoms with E-state index in [0.29, 0.717) is 11.5 Å². The van der Waals surface area contributed by atoms with E-state index in [0.717, 1.165) is 23.2 Å². The maximum atomic E-state index is 12.5. The molecule has 7 nitrogen and oxygen atoms in total. The lowest BCUT2D eigenvalue weighted by atomic mass is 10.1. The van der Waals surface area contributed by atoms with E-state index in [4.69, 9.17) is 4.42 Å². The number of likely N-dealkylation sites (N-methyl/N-ethyl adjacent to an activating group) is 1. The van der Waals surface area contributed by atoms with Crippen LogP contribution in [0.5, 0.6) is 0 Å². The number of benzene rings is 2. The topological polar surface area (TPSA) is 88.3 Å². The SMILES string of the molecule is CCc1ccccc1NC(=O)CN(C)C(=O)c1ccc(-c2nnco2)cc1. The van der Waals surface area contributed by atoms with Crippen LogP contribution in [0.3, 0.4) is 0 Å². The first-order valence-electron chi connectivity index (χ1n) is 8.58. The Kier molecular flexibility index (Phi) is 5.61. The zero-order valence-electron chi connectivity index (χ0n) is 15.2. The van der Waals surface area contributed by atoms with Gasteiger partial charge < -0.3 is 14.6 Å². The lowest BCUT2D eigenvalue weighted by Crippen LogP contribution is -2.35. The molecule has 0 fully saturated rings. The van der Waals surface area contributed by atoms with Crippen LogP contribution in [0.4, 0.5) is 5.69 Å². The van der Waals surface area contributed by atoms with E-state index in [1.54, 1.807) is 31.3 Å². The Morgan fingerprint density at radius 2 is 1.85 bits per heavy atom. The smallest absolute Gasteiger partial charge is 0.254 e. The molecule has 0 atom stereocenters. The largest absolute Gasteiger partial charge is 0.423 e. The fourth-order valence-corrected chi connectivity index (χ4v) is 2.70. The van der Waals surface area contributed by atoms with Crippen molar-refractivity contribution in [1.82, 2.24) is 15.1 Å². The molecule has 0 saturated carbocycles. The molecule has 0 radical (unpaired) electrons. The highest BCUT2D eigenvalue weighted by Gasteiger charge is 2.16. The number of rotatable bonds is 6. The molecule has 0 spiro atoms. The predicted octanol–water partition coefficient (Wildman–Crippen LogP) is 3.01. The summed E-state index contributed by atoms with van der Waals surface area (Å²) in [4.78, 5) is 26.2. The maximum absolute atomic E-state index is 12.5. The lowest BCUT2D eigenvalue weighted by Gasteiger charge is -2.17. The molecule has 0 aliphatic heterocycles. The molecule has 0 saturated heterocycles. The van der Waals surface area contributed by atoms with E-state index in [1.165, 1.54) is 11.3 Å². The van der Waals surface area contributed by atoms with Crippen molar-refractivity contribution in [2.45, 2.75) is 13.3 Å². The number of nitrogens with one attached hydrogen (secondary N) is 1. The molecule has 27 heavy (non-hydrogen) atoms. The second-order valence-corrected chi connectivity index (χ2v) is 6.04. The van der Waals surface area contributed by atoms with Crippen molar-refractivity contribution in [3.63, 3.8) is 0 Å². The standard InChI is InChI=1S/C20H20N4O3/c1-3-14-6-4-5-7-17(14)22-18(25)12-24(2)20(26)16-10-8-15(9-11-16)19-23-21-13-27-19/h4-11,13H,3,12H2,1-2H3,(H,22,25). The second kappa shape index (κ2) is 8.27. The first kappa shape index (κ1) is 18.3. The van der Waals surface area contributed by atoms with Crippen LogP contribution in [0.25, 0.3) is 11.5 Å². The van der Waals surface area contributed by atoms with Gasteiger partial charge in [-0.1, -0.05) is 25.1 Å². The van der Waals surface area contributed by atoms with Gasteiger partial charge >= 0.3 is 0 Å². The van der Waals surface area contributed by atoms with Crippen LogP contribution in [0.15, 0.2) is 59.3 Å². The molecule has 1 N–H and O–H groups in total. The molecule has 0 aliphatic carbocycles. The van der Waals surface area contributed by atoms with Crippen LogP contribution in [0.2, 0.25) is 0 Å². The lowest BCUT2D eigenvalue weighted by molar-refractivity contribution is -0.116. The molecule has 0 bridgehead atoms. The van der Waals surface area contributed by atoms with Gasteiger partial charge in [0.15, 0.2) is 0 Å². The van der Waals surface area contributed by atoms with Gasteiger partial charge in [0.05, 0.1) is 6.54 Å². The normalized spacial score (nSPS) is 10.4. The summed E-state index contributed by atoms with van der Waals surface area (Å²) in [6.07, 6.45) is 2.06. The minimum absolute atomic E-state index is 0.0394. The Morgan fingerprint density at radius 3 is 2.52 bits per heavy atom. The van der Waals surface area contributed by atoms with E-state index in [2.05, 4.69) is 15.5 Å². The molecule has 138 valence electrons. The minimum Gasteiger partial charge on any atom is -0.423 e. The quantitative estimate of drug-likeness (QED) is 0.726. The number of nitrogens with zero attached hydrogens (tertiary/aromatic N) is 3. The molecular weight excluding hydrogens is 344 g/mol. The minimum atomic E-state index is -0.244. The predicted molar refractivity (Wildman–Crippen MR) is 101 cm³/mol. The van der Waals surface area contributed by atoms with E-state index in [-0.39, 0.29) is 18.4 Å². The van der Waals surface area contributed by atoms with Gasteiger partial charge in [-0.3, -0.25) is 9.59 Å². The van der Waals surface area contributed by atoms with Crippen molar-refractivity contribution >= 4 is 17.5 Å². The number of amides is 2. The highest BCUT2D eigenvalue weighted by Crippen LogP contribution is 2.18. The average Bonchev–Trinajstić information content (AvgIpc) is 3.22. The van der Waals surface area contributed by atoms with Crippen LogP contribution in [-0.4, -0.2) is 40.5 Å². The third-order valence-electron chi connectivity index (χ3n) is 4.14. The number of anilines is 1. The van der Waals surface area contributed by atoms with Gasteiger partial charge in [0.2, 0.25) is 18.2 Å². The van der Waals surface area contributed by atoms with Gasteiger partial charge in [-0.25, -0.2) is 0 Å². The van der Waals surface area contributed by atoms with Gasteiger partial charge in [0.25, 0.3) is 5.91 Å². The summed E-state index contributed by atoms with van der Waals surface area (Å²) in [5, 5.41) is 10.3. The summed E-state index contributed by atoms with van der Waals surface area (Å²) < 4.78 is 5.12. The van der Waals surface area contributed by atoms with E-state index in [9.17, 15) is 9.59 Å². The fraction of sp³-hybridized carbons (Fsp3) is 0.200. The molecule has 2 aromatic carbocycles. The van der Waals surface area contributed by atoms with Crippen LogP contribution in [0.1, 0.15) is 22.8 Å². The third kappa shape index (κ3) is 4.38. The maximum Gasteiger partial charge on any atom is 0.254 e. The van der Waals surface area contributed by atoms with Crippen LogP contribution in [0, 0.1) is 0 Å². The number of hydrogen-bond donors (Lipinski definition) is 1. The Hall–Kier alpha value is -3.48. The van der Waals surface area contributed by atoms with E-state index < -0.39 is 0 Å². The van der Waals surface area contributed by atoms with Crippen molar-refractivity contribution < 1.29 is 14.0 Å². The van der Waals surface area contributed by atoms with Gasteiger partial charge in [-0.05, 0) is 42.3 Å². The Labute approximate surface area is 157 Å². The Morgan fingerprint density at radius 1 is 1.11 bits per heavy atom. The van der Waals surface area contributed by atoms with Gasteiger partial charge in [0.1, 0.15) is 0 Å². The zero-order valence-corrected chi connectivity index (χ0v) is 15.2. The van der Waals surface area contributed by atoms with Crippen molar-refractivity contribution in [3.05, 3.63) is 66.1 Å². The number of carbonyl (C=O) groups excluding carboxylic acids is 2. The molecule has 0 unspecified atom stereocenters. The van der Waals surface area contributed by atoms with Gasteiger partial charge in [0, 0.05) is 23.9 Å². The Bertz CT molecular complexity index is 921. The summed E-state index contributed by atoms with van der Waals surface area (Å²) in [5.41, 5.74) is 3.02. The highest BCUT2D eigenvalue weighted by atomic mass is 16.4. The first-order valence-corrected chi connectivity index (χ1v) is 8.58. The molecule has 1 aromatic heterocycles. The van der Waals surface area contributed by atoms with Crippen molar-refractivity contribution in [3.8, 4) is 11.5 Å². The first-order chi connectivity index (χ1) is 13.1. The molecule has 3 aromatic rings. The van der Waals surface area contributed by atoms with E-state index >= 15 is 0 Å².